The number of benzene rings is 1. The van der Waals surface area contributed by atoms with Gasteiger partial charge in [0, 0.05) is 62.2 Å². The molecule has 40 heavy (non-hydrogen) atoms. The molecule has 0 atom stereocenters. The smallest absolute Gasteiger partial charge is 0.225 e. The molecule has 1 aromatic carbocycles. The zero-order chi connectivity index (χ0) is 27.8. The quantitative estimate of drug-likeness (QED) is 0.292. The van der Waals surface area contributed by atoms with Crippen molar-refractivity contribution in [3.8, 4) is 28.6 Å². The van der Waals surface area contributed by atoms with Gasteiger partial charge in [-0.3, -0.25) is 0 Å². The van der Waals surface area contributed by atoms with Crippen molar-refractivity contribution in [3.63, 3.8) is 0 Å². The molecule has 5 heterocycles. The van der Waals surface area contributed by atoms with Gasteiger partial charge in [0.05, 0.1) is 5.69 Å². The molecule has 0 saturated carbocycles. The molecule has 0 radical (unpaired) electrons. The molecule has 1 aliphatic rings. The average Bonchev–Trinajstić information content (AvgIpc) is 3.55. The Morgan fingerprint density at radius 1 is 1.07 bits per heavy atom. The molecule has 1 aliphatic heterocycles. The van der Waals surface area contributed by atoms with Crippen molar-refractivity contribution in [2.75, 3.05) is 36.0 Å². The molecule has 1 N–H and O–H groups in total. The van der Waals surface area contributed by atoms with E-state index in [4.69, 9.17) is 15.1 Å². The van der Waals surface area contributed by atoms with E-state index in [1.54, 1.807) is 24.5 Å². The summed E-state index contributed by atoms with van der Waals surface area (Å²) in [6.45, 7) is 6.88. The van der Waals surface area contributed by atoms with Gasteiger partial charge >= 0.3 is 0 Å². The van der Waals surface area contributed by atoms with Crippen molar-refractivity contribution >= 4 is 39.3 Å². The van der Waals surface area contributed by atoms with Gasteiger partial charge in [-0.1, -0.05) is 11.3 Å². The van der Waals surface area contributed by atoms with Crippen molar-refractivity contribution in [1.29, 1.82) is 5.26 Å². The molecule has 1 fully saturated rings. The number of aliphatic hydroxyl groups excluding tert-OH is 1. The van der Waals surface area contributed by atoms with Gasteiger partial charge in [0.2, 0.25) is 5.95 Å². The zero-order valence-electron chi connectivity index (χ0n) is 22.0. The standard InChI is InChI=1S/C28H26FN9OS/c1-3-37(28-34-24(23(11-30)40-28)18-5-7-20(29)8-6-18)26-25-22(35-38(26)4-2)10-9-21(33-25)19-12-31-27(32-13-19)36-14-17(15-36)16-39/h5-10,12-13,17,39H,3-4,14-16H2,1-2H3. The highest BCUT2D eigenvalue weighted by atomic mass is 32.1. The number of aromatic nitrogens is 6. The maximum atomic E-state index is 13.5. The second kappa shape index (κ2) is 10.6. The lowest BCUT2D eigenvalue weighted by Crippen LogP contribution is -2.49. The Bertz CT molecular complexity index is 1700. The normalized spacial score (nSPS) is 13.4. The lowest BCUT2D eigenvalue weighted by Gasteiger charge is -2.38. The molecule has 5 aromatic rings. The molecule has 202 valence electrons. The van der Waals surface area contributed by atoms with Crippen LogP contribution in [0.5, 0.6) is 0 Å². The molecule has 1 saturated heterocycles. The van der Waals surface area contributed by atoms with Gasteiger partial charge in [-0.2, -0.15) is 10.4 Å². The summed E-state index contributed by atoms with van der Waals surface area (Å²) in [7, 11) is 0. The van der Waals surface area contributed by atoms with Crippen LogP contribution in [0.2, 0.25) is 0 Å². The summed E-state index contributed by atoms with van der Waals surface area (Å²) < 4.78 is 15.4. The number of fused-ring (bicyclic) bond motifs is 1. The van der Waals surface area contributed by atoms with E-state index in [-0.39, 0.29) is 18.3 Å². The highest BCUT2D eigenvalue weighted by Gasteiger charge is 2.28. The van der Waals surface area contributed by atoms with E-state index in [0.717, 1.165) is 30.0 Å². The van der Waals surface area contributed by atoms with Gasteiger partial charge in [0.15, 0.2) is 10.9 Å². The predicted octanol–water partition coefficient (Wildman–Crippen LogP) is 4.63. The first-order chi connectivity index (χ1) is 19.5. The summed E-state index contributed by atoms with van der Waals surface area (Å²) in [5, 5.41) is 24.5. The van der Waals surface area contributed by atoms with Crippen molar-refractivity contribution in [3.05, 3.63) is 59.5 Å². The number of hydrogen-bond donors (Lipinski definition) is 1. The minimum Gasteiger partial charge on any atom is -0.396 e. The fourth-order valence-corrected chi connectivity index (χ4v) is 5.74. The van der Waals surface area contributed by atoms with Crippen LogP contribution in [0.3, 0.4) is 0 Å². The fraction of sp³-hybridized carbons (Fsp3) is 0.286. The third kappa shape index (κ3) is 4.53. The number of halogens is 1. The summed E-state index contributed by atoms with van der Waals surface area (Å²) in [6, 6.07) is 12.1. The number of aryl methyl sites for hydroxylation is 1. The molecular formula is C28H26FN9OS. The SMILES string of the molecule is CCN(c1nc(-c2ccc(F)cc2)c(C#N)s1)c1c2nc(-c3cnc(N4CC(CO)C4)nc3)ccc2nn1CC. The average molecular weight is 556 g/mol. The highest BCUT2D eigenvalue weighted by molar-refractivity contribution is 7.16. The van der Waals surface area contributed by atoms with Crippen LogP contribution in [0.15, 0.2) is 48.8 Å². The minimum atomic E-state index is -0.344. The Morgan fingerprint density at radius 2 is 1.82 bits per heavy atom. The second-order valence-electron chi connectivity index (χ2n) is 9.47. The molecule has 4 aromatic heterocycles. The summed E-state index contributed by atoms with van der Waals surface area (Å²) in [5.41, 5.74) is 4.14. The Labute approximate surface area is 234 Å². The Morgan fingerprint density at radius 3 is 2.48 bits per heavy atom. The molecular weight excluding hydrogens is 529 g/mol. The van der Waals surface area contributed by atoms with Gasteiger partial charge < -0.3 is 14.9 Å². The van der Waals surface area contributed by atoms with Crippen LogP contribution < -0.4 is 9.80 Å². The van der Waals surface area contributed by atoms with Gasteiger partial charge in [-0.15, -0.1) is 0 Å². The molecule has 0 amide bonds. The van der Waals surface area contributed by atoms with Crippen molar-refractivity contribution in [1.82, 2.24) is 29.7 Å². The predicted molar refractivity (Wildman–Crippen MR) is 152 cm³/mol. The number of rotatable bonds is 8. The number of anilines is 3. The Kier molecular flexibility index (Phi) is 6.83. The lowest BCUT2D eigenvalue weighted by atomic mass is 10.0. The number of nitrogens with zero attached hydrogens (tertiary/aromatic N) is 9. The minimum absolute atomic E-state index is 0.174. The first kappa shape index (κ1) is 25.8. The number of aliphatic hydroxyl groups is 1. The maximum Gasteiger partial charge on any atom is 0.225 e. The molecule has 6 rings (SSSR count). The van der Waals surface area contributed by atoms with Crippen LogP contribution in [0.1, 0.15) is 18.7 Å². The highest BCUT2D eigenvalue weighted by Crippen LogP contribution is 2.38. The topological polar surface area (TPSA) is 120 Å². The largest absolute Gasteiger partial charge is 0.396 e. The van der Waals surface area contributed by atoms with E-state index in [1.165, 1.54) is 23.5 Å². The number of hydrogen-bond acceptors (Lipinski definition) is 10. The monoisotopic (exact) mass is 555 g/mol. The van der Waals surface area contributed by atoms with Crippen LogP contribution in [-0.4, -0.2) is 61.1 Å². The van der Waals surface area contributed by atoms with E-state index in [0.29, 0.717) is 51.5 Å². The third-order valence-corrected chi connectivity index (χ3v) is 7.91. The van der Waals surface area contributed by atoms with Crippen LogP contribution in [-0.2, 0) is 6.54 Å². The molecule has 0 unspecified atom stereocenters. The van der Waals surface area contributed by atoms with E-state index in [9.17, 15) is 14.8 Å². The summed E-state index contributed by atoms with van der Waals surface area (Å²) in [5.74, 6) is 1.35. The van der Waals surface area contributed by atoms with Crippen LogP contribution in [0, 0.1) is 23.1 Å². The second-order valence-corrected chi connectivity index (χ2v) is 10.4. The van der Waals surface area contributed by atoms with Crippen LogP contribution in [0.25, 0.3) is 33.5 Å². The molecule has 0 spiro atoms. The van der Waals surface area contributed by atoms with E-state index < -0.39 is 0 Å². The van der Waals surface area contributed by atoms with Gasteiger partial charge in [0.1, 0.15) is 33.5 Å². The summed E-state index contributed by atoms with van der Waals surface area (Å²) >= 11 is 1.28. The summed E-state index contributed by atoms with van der Waals surface area (Å²) in [4.78, 5) is 23.3. The number of pyridine rings is 1. The van der Waals surface area contributed by atoms with Crippen LogP contribution in [0.4, 0.5) is 21.3 Å². The molecule has 10 nitrogen and oxygen atoms in total. The molecule has 12 heteroatoms. The Balaban J connectivity index is 1.38. The summed E-state index contributed by atoms with van der Waals surface area (Å²) in [6.07, 6.45) is 3.53. The van der Waals surface area contributed by atoms with E-state index in [1.807, 2.05) is 40.5 Å². The van der Waals surface area contributed by atoms with Crippen molar-refractivity contribution < 1.29 is 9.50 Å². The van der Waals surface area contributed by atoms with Gasteiger partial charge in [0.25, 0.3) is 0 Å². The van der Waals surface area contributed by atoms with Crippen molar-refractivity contribution in [2.24, 2.45) is 5.92 Å². The number of thiazole rings is 1. The first-order valence-corrected chi connectivity index (χ1v) is 13.8. The maximum absolute atomic E-state index is 13.5. The number of nitriles is 1. The van der Waals surface area contributed by atoms with E-state index >= 15 is 0 Å². The molecule has 0 aliphatic carbocycles. The van der Waals surface area contributed by atoms with Gasteiger partial charge in [-0.25, -0.2) is 29.0 Å². The zero-order valence-corrected chi connectivity index (χ0v) is 22.8. The van der Waals surface area contributed by atoms with Crippen molar-refractivity contribution in [2.45, 2.75) is 20.4 Å². The fourth-order valence-electron chi connectivity index (χ4n) is 4.79. The first-order valence-electron chi connectivity index (χ1n) is 13.0. The van der Waals surface area contributed by atoms with Crippen LogP contribution >= 0.6 is 11.3 Å². The third-order valence-electron chi connectivity index (χ3n) is 6.93. The molecule has 0 bridgehead atoms. The lowest BCUT2D eigenvalue weighted by molar-refractivity contribution is 0.199. The van der Waals surface area contributed by atoms with Gasteiger partial charge in [-0.05, 0) is 50.2 Å². The Hall–Kier alpha value is -4.47. The van der Waals surface area contributed by atoms with E-state index in [2.05, 4.69) is 16.0 Å².